The maximum Gasteiger partial charge on any atom is 0.224 e. The predicted molar refractivity (Wildman–Crippen MR) is 132 cm³/mol. The van der Waals surface area contributed by atoms with Crippen molar-refractivity contribution in [2.45, 2.75) is 18.8 Å². The van der Waals surface area contributed by atoms with Crippen LogP contribution in [0.15, 0.2) is 53.5 Å². The third-order valence-corrected chi connectivity index (χ3v) is 5.30. The fourth-order valence-corrected chi connectivity index (χ4v) is 3.66. The molecule has 1 amide bonds. The lowest BCUT2D eigenvalue weighted by molar-refractivity contribution is -0.120. The van der Waals surface area contributed by atoms with Crippen LogP contribution in [0.25, 0.3) is 0 Å². The second-order valence-electron chi connectivity index (χ2n) is 7.33. The second-order valence-corrected chi connectivity index (χ2v) is 7.33. The minimum atomic E-state index is -0.300. The Hall–Kier alpha value is -2.36. The number of rotatable bonds is 7. The molecule has 1 unspecified atom stereocenters. The quantitative estimate of drug-likeness (QED) is 0.245. The van der Waals surface area contributed by atoms with Gasteiger partial charge in [-0.05, 0) is 41.8 Å². The number of carbonyl (C=O) groups is 1. The van der Waals surface area contributed by atoms with Crippen LogP contribution in [-0.4, -0.2) is 57.1 Å². The zero-order valence-corrected chi connectivity index (χ0v) is 20.3. The van der Waals surface area contributed by atoms with Gasteiger partial charge in [0.25, 0.3) is 0 Å². The number of hydrogen-bond acceptors (Lipinski definition) is 3. The van der Waals surface area contributed by atoms with E-state index < -0.39 is 0 Å². The van der Waals surface area contributed by atoms with Gasteiger partial charge in [0, 0.05) is 39.1 Å². The van der Waals surface area contributed by atoms with Gasteiger partial charge in [0.1, 0.15) is 11.6 Å². The Morgan fingerprint density at radius 2 is 1.81 bits per heavy atom. The molecule has 31 heavy (non-hydrogen) atoms. The fourth-order valence-electron chi connectivity index (χ4n) is 3.66. The number of ether oxygens (including phenoxy) is 1. The summed E-state index contributed by atoms with van der Waals surface area (Å²) in [6.45, 7) is 2.93. The van der Waals surface area contributed by atoms with E-state index in [4.69, 9.17) is 4.74 Å². The largest absolute Gasteiger partial charge is 0.497 e. The van der Waals surface area contributed by atoms with E-state index in [9.17, 15) is 9.18 Å². The molecule has 0 aromatic heterocycles. The fraction of sp³-hybridized carbons (Fsp3) is 0.391. The Labute approximate surface area is 200 Å². The summed E-state index contributed by atoms with van der Waals surface area (Å²) in [4.78, 5) is 18.7. The van der Waals surface area contributed by atoms with Crippen molar-refractivity contribution in [3.05, 3.63) is 65.5 Å². The van der Waals surface area contributed by atoms with E-state index in [1.165, 1.54) is 17.7 Å². The minimum absolute atomic E-state index is 0. The van der Waals surface area contributed by atoms with Crippen LogP contribution in [0.3, 0.4) is 0 Å². The molecule has 0 bridgehead atoms. The SMILES string of the molecule is CN=C(NCCNC(=O)Cc1ccc(F)cc1)N1CCC(c2ccc(OC)cc2)C1.I. The topological polar surface area (TPSA) is 66.0 Å². The molecule has 0 saturated carbocycles. The highest BCUT2D eigenvalue weighted by Crippen LogP contribution is 2.28. The van der Waals surface area contributed by atoms with Crippen LogP contribution in [0.2, 0.25) is 0 Å². The highest BCUT2D eigenvalue weighted by molar-refractivity contribution is 14.0. The van der Waals surface area contributed by atoms with Gasteiger partial charge in [-0.2, -0.15) is 0 Å². The summed E-state index contributed by atoms with van der Waals surface area (Å²) in [7, 11) is 3.45. The van der Waals surface area contributed by atoms with Crippen molar-refractivity contribution in [2.75, 3.05) is 40.3 Å². The van der Waals surface area contributed by atoms with Crippen LogP contribution in [0.1, 0.15) is 23.5 Å². The van der Waals surface area contributed by atoms with Gasteiger partial charge in [0.15, 0.2) is 5.96 Å². The Bertz CT molecular complexity index is 859. The van der Waals surface area contributed by atoms with Gasteiger partial charge in [-0.15, -0.1) is 24.0 Å². The van der Waals surface area contributed by atoms with Crippen molar-refractivity contribution in [2.24, 2.45) is 4.99 Å². The molecule has 1 aliphatic heterocycles. The van der Waals surface area contributed by atoms with Gasteiger partial charge < -0.3 is 20.3 Å². The maximum atomic E-state index is 12.9. The van der Waals surface area contributed by atoms with Gasteiger partial charge >= 0.3 is 0 Å². The molecule has 1 heterocycles. The minimum Gasteiger partial charge on any atom is -0.497 e. The lowest BCUT2D eigenvalue weighted by Crippen LogP contribution is -2.43. The van der Waals surface area contributed by atoms with Crippen molar-refractivity contribution in [1.29, 1.82) is 0 Å². The number of nitrogens with zero attached hydrogens (tertiary/aromatic N) is 2. The molecule has 1 saturated heterocycles. The van der Waals surface area contributed by atoms with Crippen LogP contribution in [0, 0.1) is 5.82 Å². The van der Waals surface area contributed by atoms with E-state index in [1.807, 2.05) is 12.1 Å². The number of likely N-dealkylation sites (tertiary alicyclic amines) is 1. The Balaban J connectivity index is 0.00000341. The molecule has 1 fully saturated rings. The summed E-state index contributed by atoms with van der Waals surface area (Å²) in [6.07, 6.45) is 1.31. The van der Waals surface area contributed by atoms with E-state index >= 15 is 0 Å². The van der Waals surface area contributed by atoms with E-state index in [0.29, 0.717) is 19.0 Å². The van der Waals surface area contributed by atoms with Gasteiger partial charge in [-0.1, -0.05) is 24.3 Å². The van der Waals surface area contributed by atoms with Crippen molar-refractivity contribution in [3.63, 3.8) is 0 Å². The van der Waals surface area contributed by atoms with Crippen molar-refractivity contribution in [3.8, 4) is 5.75 Å². The Morgan fingerprint density at radius 3 is 2.45 bits per heavy atom. The van der Waals surface area contributed by atoms with E-state index in [-0.39, 0.29) is 42.1 Å². The number of hydrogen-bond donors (Lipinski definition) is 2. The first-order chi connectivity index (χ1) is 14.6. The van der Waals surface area contributed by atoms with Crippen molar-refractivity contribution < 1.29 is 13.9 Å². The molecule has 3 rings (SSSR count). The molecule has 8 heteroatoms. The standard InChI is InChI=1S/C23H29FN4O2.HI/c1-25-23(27-13-12-26-22(29)15-17-3-7-20(24)8-4-17)28-14-11-19(16-28)18-5-9-21(30-2)10-6-18;/h3-10,19H,11-16H2,1-2H3,(H,25,27)(H,26,29);1H. The van der Waals surface area contributed by atoms with Crippen LogP contribution >= 0.6 is 24.0 Å². The maximum absolute atomic E-state index is 12.9. The molecule has 1 aliphatic rings. The Kier molecular flexibility index (Phi) is 10.0. The third-order valence-electron chi connectivity index (χ3n) is 5.30. The number of amides is 1. The van der Waals surface area contributed by atoms with Crippen LogP contribution in [0.5, 0.6) is 5.75 Å². The van der Waals surface area contributed by atoms with Crippen LogP contribution < -0.4 is 15.4 Å². The zero-order valence-electron chi connectivity index (χ0n) is 17.9. The first-order valence-electron chi connectivity index (χ1n) is 10.2. The summed E-state index contributed by atoms with van der Waals surface area (Å²) < 4.78 is 18.2. The summed E-state index contributed by atoms with van der Waals surface area (Å²) in [5.74, 6) is 1.79. The first kappa shape index (κ1) is 24.9. The monoisotopic (exact) mass is 540 g/mol. The van der Waals surface area contributed by atoms with Gasteiger partial charge in [0.05, 0.1) is 13.5 Å². The number of nitrogens with one attached hydrogen (secondary N) is 2. The molecule has 168 valence electrons. The molecule has 0 aliphatic carbocycles. The Morgan fingerprint density at radius 1 is 1.13 bits per heavy atom. The average Bonchev–Trinajstić information content (AvgIpc) is 3.25. The molecule has 6 nitrogen and oxygen atoms in total. The van der Waals surface area contributed by atoms with Gasteiger partial charge in [-0.25, -0.2) is 4.39 Å². The van der Waals surface area contributed by atoms with E-state index in [0.717, 1.165) is 36.8 Å². The molecule has 0 spiro atoms. The van der Waals surface area contributed by atoms with Crippen LogP contribution in [0.4, 0.5) is 4.39 Å². The lowest BCUT2D eigenvalue weighted by atomic mass is 9.98. The molecule has 0 radical (unpaired) electrons. The highest BCUT2D eigenvalue weighted by atomic mass is 127. The molecule has 1 atom stereocenters. The number of methoxy groups -OCH3 is 1. The molecule has 2 aromatic carbocycles. The summed E-state index contributed by atoms with van der Waals surface area (Å²) in [6, 6.07) is 14.2. The lowest BCUT2D eigenvalue weighted by Gasteiger charge is -2.22. The predicted octanol–water partition coefficient (Wildman–Crippen LogP) is 3.18. The van der Waals surface area contributed by atoms with E-state index in [1.54, 1.807) is 26.3 Å². The first-order valence-corrected chi connectivity index (χ1v) is 10.2. The second kappa shape index (κ2) is 12.5. The summed E-state index contributed by atoms with van der Waals surface area (Å²) >= 11 is 0. The van der Waals surface area contributed by atoms with Crippen molar-refractivity contribution in [1.82, 2.24) is 15.5 Å². The number of aliphatic imine (C=N–C) groups is 1. The van der Waals surface area contributed by atoms with Crippen LogP contribution in [-0.2, 0) is 11.2 Å². The smallest absolute Gasteiger partial charge is 0.224 e. The molecule has 2 N–H and O–H groups in total. The van der Waals surface area contributed by atoms with E-state index in [2.05, 4.69) is 32.7 Å². The summed E-state index contributed by atoms with van der Waals surface area (Å²) in [5, 5.41) is 6.20. The number of benzene rings is 2. The van der Waals surface area contributed by atoms with Crippen molar-refractivity contribution >= 4 is 35.8 Å². The average molecular weight is 540 g/mol. The molecule has 2 aromatic rings. The molecular formula is C23H30FIN4O2. The van der Waals surface area contributed by atoms with Gasteiger partial charge in [0.2, 0.25) is 5.91 Å². The molecular weight excluding hydrogens is 510 g/mol. The highest BCUT2D eigenvalue weighted by Gasteiger charge is 2.25. The summed E-state index contributed by atoms with van der Waals surface area (Å²) in [5.41, 5.74) is 2.10. The third kappa shape index (κ3) is 7.37. The van der Waals surface area contributed by atoms with Gasteiger partial charge in [-0.3, -0.25) is 9.79 Å². The number of carbonyl (C=O) groups excluding carboxylic acids is 1. The number of halogens is 2. The normalized spacial score (nSPS) is 15.9. The number of guanidine groups is 1. The zero-order chi connectivity index (χ0) is 21.3.